The maximum atomic E-state index is 12.9. The van der Waals surface area contributed by atoms with Gasteiger partial charge in [-0.3, -0.25) is 9.69 Å². The van der Waals surface area contributed by atoms with Gasteiger partial charge in [0.1, 0.15) is 10.6 Å². The summed E-state index contributed by atoms with van der Waals surface area (Å²) >= 11 is 7.42. The van der Waals surface area contributed by atoms with Crippen molar-refractivity contribution < 1.29 is 8.96 Å². The Bertz CT molecular complexity index is 892. The number of nitrogens with zero attached hydrogens (tertiary/aromatic N) is 5. The second-order valence-electron chi connectivity index (χ2n) is 8.56. The normalized spacial score (nSPS) is 19.1. The number of rotatable bonds is 8. The lowest BCUT2D eigenvalue weighted by Gasteiger charge is -2.35. The summed E-state index contributed by atoms with van der Waals surface area (Å²) in [5, 5.41) is 0.449. The predicted molar refractivity (Wildman–Crippen MR) is 153 cm³/mol. The summed E-state index contributed by atoms with van der Waals surface area (Å²) in [6, 6.07) is 7.60. The van der Waals surface area contributed by atoms with Gasteiger partial charge in [0.2, 0.25) is 5.91 Å². The highest BCUT2D eigenvalue weighted by Crippen LogP contribution is 2.32. The van der Waals surface area contributed by atoms with Gasteiger partial charge in [-0.05, 0) is 38.8 Å². The standard InChI is InChI=1S/C23H33ClN5O2S.3ClH/c1-25(2)8-9-26(3)10-11-27-12-14-28(15-13-27)23(30)18-21-17-20(24)16-19-6-4-5-7-22(19)32-29(21)31;;;/h4-7,16-17H,8-15,18H2,1-3H3;3*1H/q+1;;;/b20-16+,21-17-;;;. The summed E-state index contributed by atoms with van der Waals surface area (Å²) in [6.07, 6.45) is 3.49. The van der Waals surface area contributed by atoms with E-state index in [1.807, 2.05) is 35.2 Å². The molecule has 0 radical (unpaired) electrons. The van der Waals surface area contributed by atoms with Crippen molar-refractivity contribution in [1.82, 2.24) is 19.6 Å². The van der Waals surface area contributed by atoms with Gasteiger partial charge in [-0.25, -0.2) is 0 Å². The molecule has 1 aromatic carbocycles. The molecule has 2 aliphatic heterocycles. The molecule has 0 spiro atoms. The van der Waals surface area contributed by atoms with Crippen LogP contribution in [0.25, 0.3) is 6.08 Å². The first-order chi connectivity index (χ1) is 15.3. The Hall–Kier alpha value is -0.840. The first-order valence-electron chi connectivity index (χ1n) is 11.0. The van der Waals surface area contributed by atoms with Gasteiger partial charge in [0.25, 0.3) is 17.6 Å². The van der Waals surface area contributed by atoms with Crippen molar-refractivity contribution in [3.63, 3.8) is 0 Å². The van der Waals surface area contributed by atoms with Crippen molar-refractivity contribution >= 4 is 72.8 Å². The Labute approximate surface area is 236 Å². The van der Waals surface area contributed by atoms with Crippen LogP contribution in [0.5, 0.6) is 0 Å². The Morgan fingerprint density at radius 1 is 1.00 bits per heavy atom. The molecule has 0 aliphatic carbocycles. The zero-order valence-corrected chi connectivity index (χ0v) is 24.4. The van der Waals surface area contributed by atoms with Crippen LogP contribution in [0, 0.1) is 4.91 Å². The number of hydrogen-bond donors (Lipinski definition) is 0. The van der Waals surface area contributed by atoms with Crippen molar-refractivity contribution in [2.75, 3.05) is 73.5 Å². The Balaban J connectivity index is 0.00000385. The van der Waals surface area contributed by atoms with Crippen LogP contribution in [0.2, 0.25) is 0 Å². The summed E-state index contributed by atoms with van der Waals surface area (Å²) in [5.41, 5.74) is 1.27. The van der Waals surface area contributed by atoms with Crippen LogP contribution in [0.4, 0.5) is 0 Å². The molecule has 1 fully saturated rings. The average Bonchev–Trinajstić information content (AvgIpc) is 2.76. The fraction of sp³-hybridized carbons (Fsp3) is 0.522. The number of hydrogen-bond acceptors (Lipinski definition) is 6. The molecule has 2 heterocycles. The lowest BCUT2D eigenvalue weighted by atomic mass is 10.2. The smallest absolute Gasteiger partial charge is 0.261 e. The Morgan fingerprint density at radius 2 is 1.66 bits per heavy atom. The number of benzene rings is 1. The lowest BCUT2D eigenvalue weighted by molar-refractivity contribution is -0.313. The van der Waals surface area contributed by atoms with E-state index in [9.17, 15) is 9.70 Å². The van der Waals surface area contributed by atoms with Gasteiger partial charge in [-0.2, -0.15) is 0 Å². The van der Waals surface area contributed by atoms with E-state index in [1.54, 1.807) is 6.08 Å². The van der Waals surface area contributed by atoms with E-state index in [1.165, 1.54) is 0 Å². The summed E-state index contributed by atoms with van der Waals surface area (Å²) in [7, 11) is 6.33. The minimum atomic E-state index is -0.0289. The van der Waals surface area contributed by atoms with Gasteiger partial charge in [-0.1, -0.05) is 29.8 Å². The predicted octanol–water partition coefficient (Wildman–Crippen LogP) is 4.24. The lowest BCUT2D eigenvalue weighted by Crippen LogP contribution is -2.50. The van der Waals surface area contributed by atoms with E-state index in [2.05, 4.69) is 35.8 Å². The van der Waals surface area contributed by atoms with E-state index in [4.69, 9.17) is 11.6 Å². The number of nitroso groups, excluding NO2 is 1. The Morgan fingerprint density at radius 3 is 2.31 bits per heavy atom. The van der Waals surface area contributed by atoms with Gasteiger partial charge in [0.05, 0.1) is 4.90 Å². The largest absolute Gasteiger partial charge is 0.340 e. The molecule has 0 aromatic heterocycles. The zero-order valence-electron chi connectivity index (χ0n) is 20.4. The SMILES string of the molecule is CN(C)CCN(C)CCN1CCN(C(=O)C/C2=C/C(Cl)=C\c3ccccc3S[N+]2=O)CC1.Cl.Cl.Cl. The maximum absolute atomic E-state index is 12.9. The molecule has 2 aliphatic rings. The number of piperazine rings is 1. The third kappa shape index (κ3) is 11.0. The van der Waals surface area contributed by atoms with Crippen LogP contribution in [-0.4, -0.2) is 103 Å². The first-order valence-corrected chi connectivity index (χ1v) is 12.1. The van der Waals surface area contributed by atoms with Gasteiger partial charge in [0, 0.05) is 68.4 Å². The minimum absolute atomic E-state index is 0. The molecule has 0 unspecified atom stereocenters. The van der Waals surface area contributed by atoms with Crippen molar-refractivity contribution in [3.8, 4) is 0 Å². The number of carbonyl (C=O) groups excluding carboxylic acids is 1. The molecular formula is C23H36Cl4N5O2S+. The molecule has 1 saturated heterocycles. The van der Waals surface area contributed by atoms with Crippen LogP contribution in [0.15, 0.2) is 46.0 Å². The van der Waals surface area contributed by atoms with Crippen LogP contribution in [0.3, 0.4) is 0 Å². The highest BCUT2D eigenvalue weighted by atomic mass is 35.5. The number of fused-ring (bicyclic) bond motifs is 1. The molecule has 7 nitrogen and oxygen atoms in total. The average molecular weight is 588 g/mol. The Kier molecular flexibility index (Phi) is 16.4. The fourth-order valence-corrected chi connectivity index (χ4v) is 4.66. The second kappa shape index (κ2) is 16.8. The molecule has 1 aromatic rings. The molecule has 198 valence electrons. The van der Waals surface area contributed by atoms with Gasteiger partial charge < -0.3 is 14.7 Å². The zero-order chi connectivity index (χ0) is 23.1. The van der Waals surface area contributed by atoms with Crippen LogP contribution >= 0.6 is 60.8 Å². The molecule has 0 atom stereocenters. The molecule has 3 rings (SSSR count). The highest BCUT2D eigenvalue weighted by Gasteiger charge is 2.30. The van der Waals surface area contributed by atoms with E-state index in [0.717, 1.165) is 65.8 Å². The molecular weight excluding hydrogens is 552 g/mol. The molecule has 0 saturated carbocycles. The second-order valence-corrected chi connectivity index (χ2v) is 9.95. The number of amides is 1. The van der Waals surface area contributed by atoms with Crippen molar-refractivity contribution in [1.29, 1.82) is 0 Å². The van der Waals surface area contributed by atoms with Gasteiger partial charge >= 0.3 is 0 Å². The third-order valence-electron chi connectivity index (χ3n) is 5.72. The molecule has 0 bridgehead atoms. The van der Waals surface area contributed by atoms with E-state index >= 15 is 0 Å². The van der Waals surface area contributed by atoms with Gasteiger partial charge in [-0.15, -0.1) is 37.2 Å². The summed E-state index contributed by atoms with van der Waals surface area (Å²) < 4.78 is 0.811. The summed E-state index contributed by atoms with van der Waals surface area (Å²) in [5.74, 6) is -0.0289. The van der Waals surface area contributed by atoms with E-state index in [0.29, 0.717) is 23.8 Å². The monoisotopic (exact) mass is 586 g/mol. The maximum Gasteiger partial charge on any atom is 0.261 e. The van der Waals surface area contributed by atoms with Crippen molar-refractivity contribution in [2.24, 2.45) is 0 Å². The summed E-state index contributed by atoms with van der Waals surface area (Å²) in [4.78, 5) is 35.2. The van der Waals surface area contributed by atoms with Crippen LogP contribution in [0.1, 0.15) is 12.0 Å². The quantitative estimate of drug-likeness (QED) is 0.335. The number of allylic oxidation sites excluding steroid dienone is 2. The van der Waals surface area contributed by atoms with Crippen molar-refractivity contribution in [2.45, 2.75) is 11.3 Å². The molecule has 12 heteroatoms. The highest BCUT2D eigenvalue weighted by molar-refractivity contribution is 7.93. The van der Waals surface area contributed by atoms with Crippen molar-refractivity contribution in [3.05, 3.63) is 51.5 Å². The van der Waals surface area contributed by atoms with E-state index < -0.39 is 0 Å². The number of halogens is 4. The van der Waals surface area contributed by atoms with Gasteiger partial charge in [0.15, 0.2) is 0 Å². The number of carbonyl (C=O) groups is 1. The van der Waals surface area contributed by atoms with Crippen LogP contribution < -0.4 is 0 Å². The minimum Gasteiger partial charge on any atom is -0.340 e. The topological polar surface area (TPSA) is 50.1 Å². The van der Waals surface area contributed by atoms with E-state index in [-0.39, 0.29) is 49.5 Å². The number of likely N-dealkylation sites (N-methyl/N-ethyl adjacent to an activating group) is 2. The molecule has 0 N–H and O–H groups in total. The first kappa shape index (κ1) is 34.2. The molecule has 35 heavy (non-hydrogen) atoms. The third-order valence-corrected chi connectivity index (χ3v) is 6.90. The molecule has 1 amide bonds. The van der Waals surface area contributed by atoms with Crippen LogP contribution in [-0.2, 0) is 4.79 Å². The summed E-state index contributed by atoms with van der Waals surface area (Å²) in [6.45, 7) is 7.20. The fourth-order valence-electron chi connectivity index (χ4n) is 3.63.